The zero-order valence-electron chi connectivity index (χ0n) is 17.6. The highest BCUT2D eigenvalue weighted by molar-refractivity contribution is 9.10. The lowest BCUT2D eigenvalue weighted by Gasteiger charge is -2.29. The Labute approximate surface area is 185 Å². The SMILES string of the molecule is CC(C)CN(CC(C)C)c1ccc([N+](=O)[O-])cc1/C=N/NC(=O)c1ccc(Br)cc1. The third-order valence-corrected chi connectivity index (χ3v) is 4.74. The number of halogens is 1. The predicted octanol–water partition coefficient (Wildman–Crippen LogP) is 5.24. The summed E-state index contributed by atoms with van der Waals surface area (Å²) in [4.78, 5) is 25.3. The van der Waals surface area contributed by atoms with Crippen LogP contribution in [0.25, 0.3) is 0 Å². The standard InChI is InChI=1S/C22H27BrN4O3/c1-15(2)13-26(14-16(3)4)21-10-9-20(27(29)30)11-18(21)12-24-25-22(28)17-5-7-19(23)8-6-17/h5-12,15-16H,13-14H2,1-4H3,(H,25,28)/b24-12+. The Hall–Kier alpha value is -2.74. The van der Waals surface area contributed by atoms with Gasteiger partial charge in [0, 0.05) is 46.5 Å². The number of hydrazone groups is 1. The number of hydrogen-bond acceptors (Lipinski definition) is 5. The van der Waals surface area contributed by atoms with Crippen LogP contribution in [0.3, 0.4) is 0 Å². The van der Waals surface area contributed by atoms with E-state index in [0.717, 1.165) is 23.2 Å². The number of carbonyl (C=O) groups is 1. The summed E-state index contributed by atoms with van der Waals surface area (Å²) in [5, 5.41) is 15.3. The van der Waals surface area contributed by atoms with E-state index in [1.807, 2.05) is 0 Å². The lowest BCUT2D eigenvalue weighted by Crippen LogP contribution is -2.32. The van der Waals surface area contributed by atoms with Crippen molar-refractivity contribution in [3.63, 3.8) is 0 Å². The van der Waals surface area contributed by atoms with Gasteiger partial charge in [-0.3, -0.25) is 14.9 Å². The minimum absolute atomic E-state index is 0.0199. The van der Waals surface area contributed by atoms with Crippen molar-refractivity contribution in [3.05, 3.63) is 68.2 Å². The number of carbonyl (C=O) groups excluding carboxylic acids is 1. The molecular weight excluding hydrogens is 448 g/mol. The molecule has 0 fully saturated rings. The highest BCUT2D eigenvalue weighted by atomic mass is 79.9. The molecule has 0 spiro atoms. The normalized spacial score (nSPS) is 11.3. The van der Waals surface area contributed by atoms with Crippen molar-refractivity contribution in [2.45, 2.75) is 27.7 Å². The lowest BCUT2D eigenvalue weighted by atomic mass is 10.1. The van der Waals surface area contributed by atoms with Crippen LogP contribution in [0, 0.1) is 22.0 Å². The van der Waals surface area contributed by atoms with Crippen LogP contribution >= 0.6 is 15.9 Å². The van der Waals surface area contributed by atoms with Crippen molar-refractivity contribution < 1.29 is 9.72 Å². The number of benzene rings is 2. The van der Waals surface area contributed by atoms with Crippen LogP contribution in [0.4, 0.5) is 11.4 Å². The molecule has 0 aliphatic rings. The zero-order valence-corrected chi connectivity index (χ0v) is 19.2. The Morgan fingerprint density at radius 1 is 1.13 bits per heavy atom. The number of anilines is 1. The smallest absolute Gasteiger partial charge is 0.271 e. The highest BCUT2D eigenvalue weighted by Crippen LogP contribution is 2.26. The van der Waals surface area contributed by atoms with Crippen molar-refractivity contribution >= 4 is 39.4 Å². The summed E-state index contributed by atoms with van der Waals surface area (Å²) in [7, 11) is 0. The van der Waals surface area contributed by atoms with Crippen molar-refractivity contribution in [1.29, 1.82) is 0 Å². The molecule has 7 nitrogen and oxygen atoms in total. The first-order valence-corrected chi connectivity index (χ1v) is 10.6. The molecule has 0 aromatic heterocycles. The first-order chi connectivity index (χ1) is 14.2. The number of hydrogen-bond donors (Lipinski definition) is 1. The van der Waals surface area contributed by atoms with E-state index in [9.17, 15) is 14.9 Å². The molecule has 30 heavy (non-hydrogen) atoms. The second-order valence-corrected chi connectivity index (χ2v) is 8.81. The lowest BCUT2D eigenvalue weighted by molar-refractivity contribution is -0.384. The van der Waals surface area contributed by atoms with Gasteiger partial charge in [-0.1, -0.05) is 43.6 Å². The summed E-state index contributed by atoms with van der Waals surface area (Å²) in [5.74, 6) is 0.480. The molecule has 2 rings (SSSR count). The molecule has 0 saturated carbocycles. The van der Waals surface area contributed by atoms with E-state index in [4.69, 9.17) is 0 Å². The molecule has 0 aliphatic carbocycles. The Balaban J connectivity index is 2.31. The molecule has 2 aromatic carbocycles. The number of nitro groups is 1. The molecule has 0 unspecified atom stereocenters. The summed E-state index contributed by atoms with van der Waals surface area (Å²) < 4.78 is 0.874. The van der Waals surface area contributed by atoms with E-state index in [0.29, 0.717) is 23.0 Å². The van der Waals surface area contributed by atoms with Crippen LogP contribution < -0.4 is 10.3 Å². The second-order valence-electron chi connectivity index (χ2n) is 7.90. The Bertz CT molecular complexity index is 901. The fraction of sp³-hybridized carbons (Fsp3) is 0.364. The average Bonchev–Trinajstić information content (AvgIpc) is 2.67. The van der Waals surface area contributed by atoms with Crippen LogP contribution in [-0.2, 0) is 0 Å². The van der Waals surface area contributed by atoms with Gasteiger partial charge in [-0.05, 0) is 42.2 Å². The van der Waals surface area contributed by atoms with Crippen LogP contribution in [0.15, 0.2) is 52.0 Å². The summed E-state index contributed by atoms with van der Waals surface area (Å²) >= 11 is 3.33. The van der Waals surface area contributed by atoms with Gasteiger partial charge in [0.15, 0.2) is 0 Å². The van der Waals surface area contributed by atoms with Crippen molar-refractivity contribution in [2.24, 2.45) is 16.9 Å². The van der Waals surface area contributed by atoms with Crippen LogP contribution in [0.2, 0.25) is 0 Å². The van der Waals surface area contributed by atoms with Gasteiger partial charge in [0.25, 0.3) is 11.6 Å². The van der Waals surface area contributed by atoms with E-state index < -0.39 is 4.92 Å². The van der Waals surface area contributed by atoms with Crippen molar-refractivity contribution in [1.82, 2.24) is 5.43 Å². The van der Waals surface area contributed by atoms with Crippen LogP contribution in [0.1, 0.15) is 43.6 Å². The maximum atomic E-state index is 12.3. The molecule has 0 atom stereocenters. The van der Waals surface area contributed by atoms with Gasteiger partial charge in [-0.2, -0.15) is 5.10 Å². The maximum absolute atomic E-state index is 12.3. The van der Waals surface area contributed by atoms with Gasteiger partial charge in [0.05, 0.1) is 11.1 Å². The van der Waals surface area contributed by atoms with Gasteiger partial charge in [-0.25, -0.2) is 5.43 Å². The molecule has 0 bridgehead atoms. The fourth-order valence-corrected chi connectivity index (χ4v) is 3.29. The number of non-ortho nitro benzene ring substituents is 1. The van der Waals surface area contributed by atoms with Gasteiger partial charge < -0.3 is 4.90 Å². The van der Waals surface area contributed by atoms with E-state index in [-0.39, 0.29) is 11.6 Å². The van der Waals surface area contributed by atoms with Gasteiger partial charge in [0.1, 0.15) is 0 Å². The first kappa shape index (κ1) is 23.5. The summed E-state index contributed by atoms with van der Waals surface area (Å²) in [6.07, 6.45) is 1.47. The topological polar surface area (TPSA) is 87.8 Å². The van der Waals surface area contributed by atoms with E-state index in [2.05, 4.69) is 59.1 Å². The van der Waals surface area contributed by atoms with Crippen LogP contribution in [-0.4, -0.2) is 30.1 Å². The Morgan fingerprint density at radius 3 is 2.27 bits per heavy atom. The van der Waals surface area contributed by atoms with E-state index >= 15 is 0 Å². The van der Waals surface area contributed by atoms with E-state index in [1.54, 1.807) is 30.3 Å². The molecule has 8 heteroatoms. The van der Waals surface area contributed by atoms with Gasteiger partial charge in [-0.15, -0.1) is 0 Å². The van der Waals surface area contributed by atoms with E-state index in [1.165, 1.54) is 18.3 Å². The minimum atomic E-state index is -0.434. The molecule has 160 valence electrons. The largest absolute Gasteiger partial charge is 0.370 e. The minimum Gasteiger partial charge on any atom is -0.370 e. The highest BCUT2D eigenvalue weighted by Gasteiger charge is 2.17. The van der Waals surface area contributed by atoms with Crippen molar-refractivity contribution in [3.8, 4) is 0 Å². The Morgan fingerprint density at radius 2 is 1.73 bits per heavy atom. The molecule has 0 radical (unpaired) electrons. The molecular formula is C22H27BrN4O3. The van der Waals surface area contributed by atoms with Gasteiger partial charge >= 0.3 is 0 Å². The Kier molecular flexibility index (Phi) is 8.53. The molecule has 1 amide bonds. The summed E-state index contributed by atoms with van der Waals surface area (Å²) in [6.45, 7) is 10.1. The van der Waals surface area contributed by atoms with Crippen LogP contribution in [0.5, 0.6) is 0 Å². The number of amides is 1. The number of nitro benzene ring substituents is 1. The summed E-state index contributed by atoms with van der Waals surface area (Å²) in [5.41, 5.74) is 4.37. The van der Waals surface area contributed by atoms with Gasteiger partial charge in [0.2, 0.25) is 0 Å². The fourth-order valence-electron chi connectivity index (χ4n) is 3.03. The number of nitrogens with zero attached hydrogens (tertiary/aromatic N) is 3. The number of nitrogens with one attached hydrogen (secondary N) is 1. The number of rotatable bonds is 9. The predicted molar refractivity (Wildman–Crippen MR) is 124 cm³/mol. The monoisotopic (exact) mass is 474 g/mol. The third-order valence-electron chi connectivity index (χ3n) is 4.21. The summed E-state index contributed by atoms with van der Waals surface area (Å²) in [6, 6.07) is 11.6. The molecule has 0 aliphatic heterocycles. The second kappa shape index (κ2) is 10.9. The molecule has 0 heterocycles. The molecule has 2 aromatic rings. The molecule has 0 saturated heterocycles. The quantitative estimate of drug-likeness (QED) is 0.305. The molecule has 1 N–H and O–H groups in total. The zero-order chi connectivity index (χ0) is 22.3. The first-order valence-electron chi connectivity index (χ1n) is 9.79. The third kappa shape index (κ3) is 6.95. The average molecular weight is 475 g/mol. The van der Waals surface area contributed by atoms with Crippen molar-refractivity contribution in [2.75, 3.05) is 18.0 Å². The maximum Gasteiger partial charge on any atom is 0.271 e.